The van der Waals surface area contributed by atoms with E-state index in [2.05, 4.69) is 20.8 Å². The molecule has 18 heavy (non-hydrogen) atoms. The number of ether oxygens (including phenoxy) is 1. The molecular formula is C14H12BrNO2. The molecule has 0 aromatic heterocycles. The van der Waals surface area contributed by atoms with Gasteiger partial charge in [-0.1, -0.05) is 40.2 Å². The van der Waals surface area contributed by atoms with Crippen molar-refractivity contribution in [3.8, 4) is 0 Å². The monoisotopic (exact) mass is 305 g/mol. The lowest BCUT2D eigenvalue weighted by molar-refractivity contribution is -0.138. The zero-order valence-corrected chi connectivity index (χ0v) is 11.5. The predicted molar refractivity (Wildman–Crippen MR) is 74.5 cm³/mol. The Morgan fingerprint density at radius 2 is 2.11 bits per heavy atom. The third-order valence-electron chi connectivity index (χ3n) is 2.02. The van der Waals surface area contributed by atoms with Crippen molar-refractivity contribution in [2.45, 2.75) is 6.92 Å². The molecule has 0 aliphatic rings. The van der Waals surface area contributed by atoms with E-state index in [1.807, 2.05) is 30.3 Å². The van der Waals surface area contributed by atoms with Gasteiger partial charge in [-0.2, -0.15) is 0 Å². The first kappa shape index (κ1) is 14.2. The van der Waals surface area contributed by atoms with Crippen LogP contribution in [0.5, 0.6) is 0 Å². The van der Waals surface area contributed by atoms with Gasteiger partial charge < -0.3 is 4.74 Å². The van der Waals surface area contributed by atoms with Gasteiger partial charge in [0.05, 0.1) is 13.2 Å². The van der Waals surface area contributed by atoms with Crippen LogP contribution >= 0.6 is 15.9 Å². The summed E-state index contributed by atoms with van der Waals surface area (Å²) in [6.45, 7) is 8.87. The molecule has 0 saturated carbocycles. The van der Waals surface area contributed by atoms with Crippen molar-refractivity contribution < 1.29 is 9.53 Å². The highest BCUT2D eigenvalue weighted by Gasteiger charge is 2.08. The van der Waals surface area contributed by atoms with Crippen molar-refractivity contribution in [3.05, 3.63) is 63.6 Å². The van der Waals surface area contributed by atoms with Gasteiger partial charge in [0, 0.05) is 4.47 Å². The number of allylic oxidation sites excluding steroid dienone is 2. The van der Waals surface area contributed by atoms with Gasteiger partial charge in [-0.3, -0.25) is 4.79 Å². The molecule has 3 nitrogen and oxygen atoms in total. The molecule has 0 amide bonds. The third-order valence-corrected chi connectivity index (χ3v) is 2.55. The number of halogens is 1. The molecule has 92 valence electrons. The Hall–Kier alpha value is -1.86. The predicted octanol–water partition coefficient (Wildman–Crippen LogP) is 3.83. The number of rotatable bonds is 4. The number of nitrogens with zero attached hydrogens (tertiary/aromatic N) is 1. The molecule has 0 saturated heterocycles. The Kier molecular flexibility index (Phi) is 5.89. The van der Waals surface area contributed by atoms with Gasteiger partial charge in [0.15, 0.2) is 0 Å². The SMILES string of the molecule is [C-]#[N+]/C(=C\C=C\c1ccc(Br)cc1)C(=O)OCC. The maximum Gasteiger partial charge on any atom is 0.336 e. The maximum absolute atomic E-state index is 11.3. The van der Waals surface area contributed by atoms with Crippen molar-refractivity contribution in [1.29, 1.82) is 0 Å². The fraction of sp³-hybridized carbons (Fsp3) is 0.143. The van der Waals surface area contributed by atoms with E-state index in [9.17, 15) is 4.79 Å². The van der Waals surface area contributed by atoms with Crippen molar-refractivity contribution in [2.75, 3.05) is 6.61 Å². The molecule has 0 fully saturated rings. The first-order valence-corrected chi connectivity index (χ1v) is 6.15. The molecule has 0 bridgehead atoms. The lowest BCUT2D eigenvalue weighted by atomic mass is 10.2. The standard InChI is InChI=1S/C14H12BrNO2/c1-3-18-14(17)13(16-2)6-4-5-11-7-9-12(15)10-8-11/h4-10H,3H2,1H3/b5-4+,13-6-. The van der Waals surface area contributed by atoms with Gasteiger partial charge in [-0.15, -0.1) is 0 Å². The fourth-order valence-electron chi connectivity index (χ4n) is 1.18. The molecule has 4 heteroatoms. The lowest BCUT2D eigenvalue weighted by Crippen LogP contribution is -2.04. The third kappa shape index (κ3) is 4.56. The largest absolute Gasteiger partial charge is 0.471 e. The van der Waals surface area contributed by atoms with Crippen LogP contribution in [-0.4, -0.2) is 12.6 Å². The van der Waals surface area contributed by atoms with E-state index in [1.165, 1.54) is 6.08 Å². The Morgan fingerprint density at radius 3 is 2.67 bits per heavy atom. The van der Waals surface area contributed by atoms with E-state index < -0.39 is 5.97 Å². The second-order valence-electron chi connectivity index (χ2n) is 3.29. The molecule has 0 spiro atoms. The second kappa shape index (κ2) is 7.46. The molecule has 0 heterocycles. The van der Waals surface area contributed by atoms with Crippen LogP contribution < -0.4 is 0 Å². The minimum atomic E-state index is -0.590. The molecule has 0 radical (unpaired) electrons. The summed E-state index contributed by atoms with van der Waals surface area (Å²) in [6, 6.07) is 7.70. The van der Waals surface area contributed by atoms with Crippen molar-refractivity contribution in [3.63, 3.8) is 0 Å². The number of benzene rings is 1. The van der Waals surface area contributed by atoms with Gasteiger partial charge in [0.1, 0.15) is 0 Å². The second-order valence-corrected chi connectivity index (χ2v) is 4.21. The minimum absolute atomic E-state index is 0.0230. The highest BCUT2D eigenvalue weighted by molar-refractivity contribution is 9.10. The first-order valence-electron chi connectivity index (χ1n) is 5.36. The van der Waals surface area contributed by atoms with E-state index in [4.69, 9.17) is 11.3 Å². The molecule has 0 unspecified atom stereocenters. The zero-order chi connectivity index (χ0) is 13.4. The van der Waals surface area contributed by atoms with E-state index in [0.717, 1.165) is 10.0 Å². The molecular weight excluding hydrogens is 294 g/mol. The van der Waals surface area contributed by atoms with Crippen LogP contribution in [-0.2, 0) is 9.53 Å². The summed E-state index contributed by atoms with van der Waals surface area (Å²) in [4.78, 5) is 14.4. The summed E-state index contributed by atoms with van der Waals surface area (Å²) >= 11 is 3.35. The van der Waals surface area contributed by atoms with E-state index in [-0.39, 0.29) is 12.3 Å². The number of hydrogen-bond donors (Lipinski definition) is 0. The Morgan fingerprint density at radius 1 is 1.44 bits per heavy atom. The van der Waals surface area contributed by atoms with Crippen molar-refractivity contribution in [1.82, 2.24) is 0 Å². The Bertz CT molecular complexity index is 510. The van der Waals surface area contributed by atoms with Crippen LogP contribution in [0.15, 0.2) is 46.6 Å². The van der Waals surface area contributed by atoms with Gasteiger partial charge in [0.25, 0.3) is 5.70 Å². The summed E-state index contributed by atoms with van der Waals surface area (Å²) in [7, 11) is 0. The van der Waals surface area contributed by atoms with E-state index >= 15 is 0 Å². The van der Waals surface area contributed by atoms with Gasteiger partial charge in [-0.05, 0) is 30.7 Å². The summed E-state index contributed by atoms with van der Waals surface area (Å²) in [5.41, 5.74) is 0.966. The smallest absolute Gasteiger partial charge is 0.336 e. The van der Waals surface area contributed by atoms with Crippen LogP contribution in [0.3, 0.4) is 0 Å². The summed E-state index contributed by atoms with van der Waals surface area (Å²) < 4.78 is 5.76. The summed E-state index contributed by atoms with van der Waals surface area (Å²) in [5.74, 6) is -0.590. The van der Waals surface area contributed by atoms with Crippen molar-refractivity contribution in [2.24, 2.45) is 0 Å². The normalized spacial score (nSPS) is 11.3. The van der Waals surface area contributed by atoms with E-state index in [0.29, 0.717) is 0 Å². The maximum atomic E-state index is 11.3. The highest BCUT2D eigenvalue weighted by atomic mass is 79.9. The zero-order valence-electron chi connectivity index (χ0n) is 9.89. The van der Waals surface area contributed by atoms with Crippen molar-refractivity contribution >= 4 is 28.0 Å². The average molecular weight is 306 g/mol. The summed E-state index contributed by atoms with van der Waals surface area (Å²) in [5, 5.41) is 0. The van der Waals surface area contributed by atoms with Gasteiger partial charge in [0.2, 0.25) is 0 Å². The lowest BCUT2D eigenvalue weighted by Gasteiger charge is -1.97. The highest BCUT2D eigenvalue weighted by Crippen LogP contribution is 2.11. The number of esters is 1. The van der Waals surface area contributed by atoms with Gasteiger partial charge in [-0.25, -0.2) is 4.85 Å². The minimum Gasteiger partial charge on any atom is -0.471 e. The van der Waals surface area contributed by atoms with Crippen LogP contribution in [0.4, 0.5) is 0 Å². The van der Waals surface area contributed by atoms with E-state index in [1.54, 1.807) is 13.0 Å². The van der Waals surface area contributed by atoms with Crippen LogP contribution in [0.25, 0.3) is 10.9 Å². The number of carbonyl (C=O) groups is 1. The quantitative estimate of drug-likeness (QED) is 0.366. The molecule has 1 aromatic carbocycles. The Labute approximate surface area is 115 Å². The molecule has 0 atom stereocenters. The molecule has 0 N–H and O–H groups in total. The van der Waals surface area contributed by atoms with Gasteiger partial charge >= 0.3 is 5.97 Å². The summed E-state index contributed by atoms with van der Waals surface area (Å²) in [6.07, 6.45) is 4.93. The number of carbonyl (C=O) groups excluding carboxylic acids is 1. The molecule has 1 rings (SSSR count). The van der Waals surface area contributed by atoms with Crippen LogP contribution in [0.1, 0.15) is 12.5 Å². The first-order chi connectivity index (χ1) is 8.67. The fourth-order valence-corrected chi connectivity index (χ4v) is 1.44. The molecule has 0 aliphatic carbocycles. The van der Waals surface area contributed by atoms with Crippen LogP contribution in [0.2, 0.25) is 0 Å². The molecule has 1 aromatic rings. The average Bonchev–Trinajstić information content (AvgIpc) is 2.37. The molecule has 0 aliphatic heterocycles. The number of hydrogen-bond acceptors (Lipinski definition) is 2. The van der Waals surface area contributed by atoms with Crippen LogP contribution in [0, 0.1) is 6.57 Å². The Balaban J connectivity index is 2.75. The topological polar surface area (TPSA) is 30.7 Å².